The number of thiol groups is 1. The lowest BCUT2D eigenvalue weighted by molar-refractivity contribution is -0.135. The number of ether oxygens (including phenoxy) is 2. The van der Waals surface area contributed by atoms with Crippen LogP contribution in [-0.2, 0) is 20.8 Å². The van der Waals surface area contributed by atoms with E-state index in [2.05, 4.69) is 56.3 Å². The summed E-state index contributed by atoms with van der Waals surface area (Å²) in [5.74, 6) is 7.58. The summed E-state index contributed by atoms with van der Waals surface area (Å²) in [6.45, 7) is 16.3. The van der Waals surface area contributed by atoms with Crippen LogP contribution in [0.3, 0.4) is 0 Å². The van der Waals surface area contributed by atoms with Gasteiger partial charge in [-0.2, -0.15) is 12.6 Å². The van der Waals surface area contributed by atoms with E-state index in [0.717, 1.165) is 51.8 Å². The fraction of sp³-hybridized carbons (Fsp3) is 0.425. The maximum Gasteiger partial charge on any atom is 0.410 e. The van der Waals surface area contributed by atoms with Gasteiger partial charge in [0.25, 0.3) is 0 Å². The van der Waals surface area contributed by atoms with Crippen molar-refractivity contribution in [1.82, 2.24) is 35.1 Å². The first-order chi connectivity index (χ1) is 25.2. The Hall–Kier alpha value is -5.22. The smallest absolute Gasteiger partial charge is 0.410 e. The van der Waals surface area contributed by atoms with E-state index in [-0.39, 0.29) is 24.4 Å². The topological polar surface area (TPSA) is 146 Å². The number of fused-ring (bicyclic) bond motifs is 1. The second kappa shape index (κ2) is 18.0. The van der Waals surface area contributed by atoms with Gasteiger partial charge >= 0.3 is 12.2 Å². The molecule has 3 heterocycles. The largest absolute Gasteiger partial charge is 0.453 e. The molecule has 2 aromatic heterocycles. The molecule has 0 spiro atoms. The van der Waals surface area contributed by atoms with Crippen LogP contribution in [0, 0.1) is 17.8 Å². The maximum absolute atomic E-state index is 13.5. The number of aromatic amines is 2. The van der Waals surface area contributed by atoms with Crippen molar-refractivity contribution in [2.75, 3.05) is 26.5 Å². The van der Waals surface area contributed by atoms with Crippen LogP contribution in [0.15, 0.2) is 60.8 Å². The van der Waals surface area contributed by atoms with Gasteiger partial charge in [0.05, 0.1) is 42.6 Å². The molecule has 1 fully saturated rings. The van der Waals surface area contributed by atoms with Gasteiger partial charge in [0.1, 0.15) is 23.3 Å². The summed E-state index contributed by atoms with van der Waals surface area (Å²) in [6.07, 6.45) is 4.05. The quantitative estimate of drug-likeness (QED) is 0.0803. The maximum atomic E-state index is 13.5. The standard InChI is InChI=1S/C39H47N7O5.CH4S/c1-24(2)22-45(38(49)51-39(5,6)7)23-33-41-29-18-15-27(20-30(29)42-33)12-11-26-13-16-28(17-14-26)31-21-40-35(43-31)32-10-9-19-46(32)36(47)34(25(3)4)44-37(48)50-8;1-2/h13-18,20-21,25,32,34H,1,9-10,19,22-23H2,2-8H3,(H,40,43)(H,41,42)(H,44,48);2H,1H3. The number of nitrogens with one attached hydrogen (secondary N) is 3. The van der Waals surface area contributed by atoms with Gasteiger partial charge in [0, 0.05) is 24.2 Å². The molecule has 3 N–H and O–H groups in total. The number of nitrogens with zero attached hydrogens (tertiary/aromatic N) is 4. The van der Waals surface area contributed by atoms with E-state index in [1.807, 2.05) is 84.0 Å². The van der Waals surface area contributed by atoms with Crippen LogP contribution in [0.25, 0.3) is 22.3 Å². The van der Waals surface area contributed by atoms with Gasteiger partial charge in [-0.15, -0.1) is 0 Å². The SMILES string of the molecule is C=C(C)CN(Cc1nc2ccc(C#Cc3ccc(-c4cnc(C5CCCN5C(=O)C(NC(=O)OC)C(C)C)[nH]4)cc3)cc2[nH]1)C(=O)OC(C)(C)C.CS. The van der Waals surface area contributed by atoms with Gasteiger partial charge in [-0.1, -0.05) is 50.0 Å². The molecule has 2 aromatic carbocycles. The number of rotatable bonds is 9. The highest BCUT2D eigenvalue weighted by Crippen LogP contribution is 2.33. The van der Waals surface area contributed by atoms with E-state index in [0.29, 0.717) is 24.7 Å². The van der Waals surface area contributed by atoms with Crippen molar-refractivity contribution in [3.8, 4) is 23.1 Å². The molecule has 1 aliphatic rings. The first-order valence-corrected chi connectivity index (χ1v) is 18.5. The van der Waals surface area contributed by atoms with Gasteiger partial charge in [-0.05, 0) is 88.6 Å². The molecule has 1 aliphatic heterocycles. The van der Waals surface area contributed by atoms with Gasteiger partial charge < -0.3 is 29.7 Å². The van der Waals surface area contributed by atoms with Crippen LogP contribution in [0.2, 0.25) is 0 Å². The zero-order chi connectivity index (χ0) is 38.9. The van der Waals surface area contributed by atoms with Gasteiger partial charge in [-0.3, -0.25) is 9.69 Å². The number of aromatic nitrogens is 4. The Morgan fingerprint density at radius 3 is 2.42 bits per heavy atom. The third-order valence-corrected chi connectivity index (χ3v) is 8.37. The zero-order valence-corrected chi connectivity index (χ0v) is 32.8. The predicted octanol–water partition coefficient (Wildman–Crippen LogP) is 7.26. The van der Waals surface area contributed by atoms with Crippen LogP contribution in [-0.4, -0.2) is 85.9 Å². The number of hydrogen-bond acceptors (Lipinski definition) is 8. The number of benzene rings is 2. The molecular weight excluding hydrogens is 691 g/mol. The summed E-state index contributed by atoms with van der Waals surface area (Å²) < 4.78 is 10.3. The van der Waals surface area contributed by atoms with Crippen LogP contribution in [0.4, 0.5) is 9.59 Å². The molecular formula is C40H51N7O5S. The number of alkyl carbamates (subject to hydrolysis) is 1. The molecule has 13 heteroatoms. The van der Waals surface area contributed by atoms with Crippen molar-refractivity contribution in [2.24, 2.45) is 5.92 Å². The Kier molecular flexibility index (Phi) is 13.8. The molecule has 5 rings (SSSR count). The average molecular weight is 742 g/mol. The summed E-state index contributed by atoms with van der Waals surface area (Å²) in [4.78, 5) is 57.6. The number of methoxy groups -OCH3 is 1. The molecule has 2 unspecified atom stereocenters. The minimum atomic E-state index is -0.687. The van der Waals surface area contributed by atoms with E-state index >= 15 is 0 Å². The summed E-state index contributed by atoms with van der Waals surface area (Å²) in [6, 6.07) is 12.8. The lowest BCUT2D eigenvalue weighted by atomic mass is 10.0. The normalized spacial score (nSPS) is 14.5. The summed E-state index contributed by atoms with van der Waals surface area (Å²) in [7, 11) is 1.29. The fourth-order valence-electron chi connectivity index (χ4n) is 5.96. The average Bonchev–Trinajstić information content (AvgIpc) is 3.89. The Morgan fingerprint density at radius 2 is 1.77 bits per heavy atom. The number of H-pyrrole nitrogens is 2. The van der Waals surface area contributed by atoms with E-state index in [1.54, 1.807) is 22.3 Å². The number of carbonyl (C=O) groups excluding carboxylic acids is 3. The number of amides is 3. The van der Waals surface area contributed by atoms with Gasteiger partial charge in [0.2, 0.25) is 5.91 Å². The Balaban J connectivity index is 0.00000308. The van der Waals surface area contributed by atoms with Gasteiger partial charge in [0.15, 0.2) is 0 Å². The van der Waals surface area contributed by atoms with E-state index in [4.69, 9.17) is 9.47 Å². The van der Waals surface area contributed by atoms with Gasteiger partial charge in [-0.25, -0.2) is 19.6 Å². The number of hydrogen-bond donors (Lipinski definition) is 4. The molecule has 3 amide bonds. The molecule has 282 valence electrons. The number of carbonyl (C=O) groups is 3. The lowest BCUT2D eigenvalue weighted by Gasteiger charge is -2.30. The van der Waals surface area contributed by atoms with Crippen molar-refractivity contribution in [3.63, 3.8) is 0 Å². The molecule has 12 nitrogen and oxygen atoms in total. The third kappa shape index (κ3) is 10.9. The minimum Gasteiger partial charge on any atom is -0.453 e. The highest BCUT2D eigenvalue weighted by molar-refractivity contribution is 7.79. The van der Waals surface area contributed by atoms with E-state index in [9.17, 15) is 14.4 Å². The Labute approximate surface area is 317 Å². The Bertz CT molecular complexity index is 1970. The van der Waals surface area contributed by atoms with Crippen LogP contribution >= 0.6 is 12.6 Å². The second-order valence-electron chi connectivity index (χ2n) is 14.3. The molecule has 1 saturated heterocycles. The van der Waals surface area contributed by atoms with Crippen molar-refractivity contribution in [2.45, 2.75) is 78.6 Å². The molecule has 0 aliphatic carbocycles. The molecule has 2 atom stereocenters. The van der Waals surface area contributed by atoms with E-state index in [1.165, 1.54) is 7.11 Å². The number of imidazole rings is 2. The molecule has 0 radical (unpaired) electrons. The first kappa shape index (κ1) is 40.5. The Morgan fingerprint density at radius 1 is 1.09 bits per heavy atom. The molecule has 4 aromatic rings. The highest BCUT2D eigenvalue weighted by atomic mass is 32.1. The number of likely N-dealkylation sites (tertiary alicyclic amines) is 1. The van der Waals surface area contributed by atoms with Crippen LogP contribution in [0.1, 0.15) is 83.2 Å². The van der Waals surface area contributed by atoms with Crippen LogP contribution in [0.5, 0.6) is 0 Å². The highest BCUT2D eigenvalue weighted by Gasteiger charge is 2.37. The van der Waals surface area contributed by atoms with Crippen molar-refractivity contribution < 1.29 is 23.9 Å². The zero-order valence-electron chi connectivity index (χ0n) is 31.9. The third-order valence-electron chi connectivity index (χ3n) is 8.37. The van der Waals surface area contributed by atoms with Crippen molar-refractivity contribution >= 4 is 41.8 Å². The monoisotopic (exact) mass is 741 g/mol. The van der Waals surface area contributed by atoms with E-state index < -0.39 is 23.8 Å². The minimum absolute atomic E-state index is 0.103. The summed E-state index contributed by atoms with van der Waals surface area (Å²) in [5.41, 5.74) is 5.29. The summed E-state index contributed by atoms with van der Waals surface area (Å²) in [5, 5.41) is 2.68. The predicted molar refractivity (Wildman–Crippen MR) is 210 cm³/mol. The molecule has 53 heavy (non-hydrogen) atoms. The van der Waals surface area contributed by atoms with Crippen molar-refractivity contribution in [3.05, 3.63) is 83.6 Å². The summed E-state index contributed by atoms with van der Waals surface area (Å²) >= 11 is 3.53. The molecule has 0 saturated carbocycles. The lowest BCUT2D eigenvalue weighted by Crippen LogP contribution is -2.51. The fourth-order valence-corrected chi connectivity index (χ4v) is 5.96. The first-order valence-electron chi connectivity index (χ1n) is 17.6. The second-order valence-corrected chi connectivity index (χ2v) is 14.3. The molecule has 0 bridgehead atoms. The van der Waals surface area contributed by atoms with Crippen molar-refractivity contribution in [1.29, 1.82) is 0 Å². The van der Waals surface area contributed by atoms with Crippen LogP contribution < -0.4 is 5.32 Å².